The average Bonchev–Trinajstić information content (AvgIpc) is 2.79. The third-order valence-corrected chi connectivity index (χ3v) is 3.36. The van der Waals surface area contributed by atoms with Crippen molar-refractivity contribution < 1.29 is 4.39 Å². The number of nitrogens with zero attached hydrogens (tertiary/aromatic N) is 2. The van der Waals surface area contributed by atoms with Crippen molar-refractivity contribution in [1.82, 2.24) is 15.5 Å². The Morgan fingerprint density at radius 2 is 2.00 bits per heavy atom. The van der Waals surface area contributed by atoms with E-state index in [9.17, 15) is 4.39 Å². The summed E-state index contributed by atoms with van der Waals surface area (Å²) >= 11 is 1.56. The van der Waals surface area contributed by atoms with E-state index in [-0.39, 0.29) is 5.82 Å². The van der Waals surface area contributed by atoms with Gasteiger partial charge in [-0.25, -0.2) is 4.39 Å². The van der Waals surface area contributed by atoms with Crippen LogP contribution in [0.2, 0.25) is 0 Å². The van der Waals surface area contributed by atoms with Crippen LogP contribution in [0.5, 0.6) is 0 Å². The molecule has 3 nitrogen and oxygen atoms in total. The van der Waals surface area contributed by atoms with Crippen molar-refractivity contribution in [2.45, 2.75) is 13.3 Å². The molecule has 2 aromatic rings. The predicted molar refractivity (Wildman–Crippen MR) is 67.6 cm³/mol. The molecule has 0 saturated heterocycles. The third kappa shape index (κ3) is 3.31. The number of nitrogens with one attached hydrogen (secondary N) is 1. The summed E-state index contributed by atoms with van der Waals surface area (Å²) in [5.74, 6) is -0.231. The lowest BCUT2D eigenvalue weighted by atomic mass is 10.2. The maximum atomic E-state index is 12.8. The first-order chi connectivity index (χ1) is 8.29. The summed E-state index contributed by atoms with van der Waals surface area (Å²) < 4.78 is 12.8. The van der Waals surface area contributed by atoms with E-state index in [4.69, 9.17) is 0 Å². The molecule has 0 aliphatic carbocycles. The van der Waals surface area contributed by atoms with Crippen LogP contribution in [0.15, 0.2) is 24.3 Å². The lowest BCUT2D eigenvalue weighted by Gasteiger charge is -1.96. The summed E-state index contributed by atoms with van der Waals surface area (Å²) in [7, 11) is 0. The summed E-state index contributed by atoms with van der Waals surface area (Å²) in [6.07, 6.45) is 0.882. The highest BCUT2D eigenvalue weighted by Crippen LogP contribution is 2.23. The van der Waals surface area contributed by atoms with E-state index in [2.05, 4.69) is 22.4 Å². The van der Waals surface area contributed by atoms with E-state index in [1.807, 2.05) is 0 Å². The van der Waals surface area contributed by atoms with Gasteiger partial charge in [0.1, 0.15) is 15.8 Å². The van der Waals surface area contributed by atoms with E-state index >= 15 is 0 Å². The fourth-order valence-corrected chi connectivity index (χ4v) is 2.28. The summed E-state index contributed by atoms with van der Waals surface area (Å²) in [5.41, 5.74) is 0.915. The van der Waals surface area contributed by atoms with Crippen LogP contribution in [0, 0.1) is 5.82 Å². The molecule has 0 atom stereocenters. The number of hydrogen-bond donors (Lipinski definition) is 1. The first-order valence-corrected chi connectivity index (χ1v) is 6.40. The Morgan fingerprint density at radius 1 is 1.24 bits per heavy atom. The van der Waals surface area contributed by atoms with E-state index in [0.717, 1.165) is 35.1 Å². The van der Waals surface area contributed by atoms with Gasteiger partial charge in [-0.15, -0.1) is 10.2 Å². The van der Waals surface area contributed by atoms with Crippen molar-refractivity contribution in [2.24, 2.45) is 0 Å². The first kappa shape index (κ1) is 12.1. The zero-order chi connectivity index (χ0) is 12.1. The van der Waals surface area contributed by atoms with Gasteiger partial charge >= 0.3 is 0 Å². The molecule has 5 heteroatoms. The number of likely N-dealkylation sites (N-methyl/N-ethyl adjacent to an activating group) is 1. The lowest BCUT2D eigenvalue weighted by Crippen LogP contribution is -2.15. The van der Waals surface area contributed by atoms with Crippen LogP contribution in [-0.4, -0.2) is 23.3 Å². The highest BCUT2D eigenvalue weighted by atomic mass is 32.1. The molecule has 0 aliphatic rings. The SMILES string of the molecule is CCNCCc1nnc(-c2ccc(F)cc2)s1. The van der Waals surface area contributed by atoms with Crippen LogP contribution in [0.3, 0.4) is 0 Å². The minimum Gasteiger partial charge on any atom is -0.317 e. The molecule has 0 saturated carbocycles. The fourth-order valence-electron chi connectivity index (χ4n) is 1.44. The minimum absolute atomic E-state index is 0.231. The normalized spacial score (nSPS) is 10.7. The van der Waals surface area contributed by atoms with Crippen molar-refractivity contribution in [3.8, 4) is 10.6 Å². The lowest BCUT2D eigenvalue weighted by molar-refractivity contribution is 0.628. The molecule has 2 rings (SSSR count). The van der Waals surface area contributed by atoms with E-state index in [0.29, 0.717) is 0 Å². The van der Waals surface area contributed by atoms with E-state index in [1.165, 1.54) is 12.1 Å². The fraction of sp³-hybridized carbons (Fsp3) is 0.333. The molecular weight excluding hydrogens is 237 g/mol. The minimum atomic E-state index is -0.231. The second-order valence-corrected chi connectivity index (χ2v) is 4.67. The van der Waals surface area contributed by atoms with Gasteiger partial charge < -0.3 is 5.32 Å². The van der Waals surface area contributed by atoms with Gasteiger partial charge in [0, 0.05) is 18.5 Å². The largest absolute Gasteiger partial charge is 0.317 e. The maximum Gasteiger partial charge on any atom is 0.147 e. The topological polar surface area (TPSA) is 37.8 Å². The molecular formula is C12H14FN3S. The van der Waals surface area contributed by atoms with E-state index < -0.39 is 0 Å². The Bertz CT molecular complexity index is 467. The highest BCUT2D eigenvalue weighted by Gasteiger charge is 2.06. The van der Waals surface area contributed by atoms with E-state index in [1.54, 1.807) is 23.5 Å². The molecule has 0 fully saturated rings. The molecule has 1 aromatic carbocycles. The van der Waals surface area contributed by atoms with Crippen molar-refractivity contribution in [1.29, 1.82) is 0 Å². The van der Waals surface area contributed by atoms with Gasteiger partial charge in [0.15, 0.2) is 0 Å². The van der Waals surface area contributed by atoms with Gasteiger partial charge in [0.25, 0.3) is 0 Å². The predicted octanol–water partition coefficient (Wildman–Crippen LogP) is 2.50. The van der Waals surface area contributed by atoms with Gasteiger partial charge in [0.2, 0.25) is 0 Å². The summed E-state index contributed by atoms with van der Waals surface area (Å²) in [5, 5.41) is 13.3. The number of benzene rings is 1. The molecule has 0 unspecified atom stereocenters. The highest BCUT2D eigenvalue weighted by molar-refractivity contribution is 7.14. The van der Waals surface area contributed by atoms with Crippen LogP contribution in [0.25, 0.3) is 10.6 Å². The van der Waals surface area contributed by atoms with Gasteiger partial charge in [-0.05, 0) is 30.8 Å². The molecule has 1 heterocycles. The van der Waals surface area contributed by atoms with Crippen molar-refractivity contribution in [3.63, 3.8) is 0 Å². The summed E-state index contributed by atoms with van der Waals surface area (Å²) in [6, 6.07) is 6.33. The van der Waals surface area contributed by atoms with Gasteiger partial charge in [-0.3, -0.25) is 0 Å². The second kappa shape index (κ2) is 5.84. The van der Waals surface area contributed by atoms with Crippen molar-refractivity contribution >= 4 is 11.3 Å². The monoisotopic (exact) mass is 251 g/mol. The molecule has 17 heavy (non-hydrogen) atoms. The molecule has 1 aromatic heterocycles. The van der Waals surface area contributed by atoms with Crippen LogP contribution >= 0.6 is 11.3 Å². The Kier molecular flexibility index (Phi) is 4.17. The molecule has 90 valence electrons. The zero-order valence-electron chi connectivity index (χ0n) is 9.61. The van der Waals surface area contributed by atoms with Crippen LogP contribution in [-0.2, 0) is 6.42 Å². The standard InChI is InChI=1S/C12H14FN3S/c1-2-14-8-7-11-15-16-12(17-11)9-3-5-10(13)6-4-9/h3-6,14H,2,7-8H2,1H3. The van der Waals surface area contributed by atoms with Crippen LogP contribution < -0.4 is 5.32 Å². The number of halogens is 1. The van der Waals surface area contributed by atoms with Crippen molar-refractivity contribution in [2.75, 3.05) is 13.1 Å². The second-order valence-electron chi connectivity index (χ2n) is 3.61. The molecule has 0 radical (unpaired) electrons. The number of rotatable bonds is 5. The Balaban J connectivity index is 2.04. The summed E-state index contributed by atoms with van der Waals surface area (Å²) in [4.78, 5) is 0. The molecule has 0 spiro atoms. The van der Waals surface area contributed by atoms with Crippen LogP contribution in [0.1, 0.15) is 11.9 Å². The Morgan fingerprint density at radius 3 is 2.71 bits per heavy atom. The Labute approximate surface area is 104 Å². The Hall–Kier alpha value is -1.33. The number of aromatic nitrogens is 2. The zero-order valence-corrected chi connectivity index (χ0v) is 10.4. The third-order valence-electron chi connectivity index (χ3n) is 2.32. The smallest absolute Gasteiger partial charge is 0.147 e. The molecule has 0 amide bonds. The van der Waals surface area contributed by atoms with Crippen molar-refractivity contribution in [3.05, 3.63) is 35.1 Å². The average molecular weight is 251 g/mol. The van der Waals surface area contributed by atoms with Gasteiger partial charge in [-0.2, -0.15) is 0 Å². The first-order valence-electron chi connectivity index (χ1n) is 5.58. The molecule has 0 bridgehead atoms. The number of hydrogen-bond acceptors (Lipinski definition) is 4. The van der Waals surface area contributed by atoms with Crippen LogP contribution in [0.4, 0.5) is 4.39 Å². The molecule has 0 aliphatic heterocycles. The molecule has 1 N–H and O–H groups in total. The van der Waals surface area contributed by atoms with Gasteiger partial charge in [-0.1, -0.05) is 18.3 Å². The summed E-state index contributed by atoms with van der Waals surface area (Å²) in [6.45, 7) is 3.95. The maximum absolute atomic E-state index is 12.8. The van der Waals surface area contributed by atoms with Gasteiger partial charge in [0.05, 0.1) is 0 Å². The quantitative estimate of drug-likeness (QED) is 0.830.